The Morgan fingerprint density at radius 1 is 1.12 bits per heavy atom. The van der Waals surface area contributed by atoms with E-state index in [-0.39, 0.29) is 26.2 Å². The van der Waals surface area contributed by atoms with Gasteiger partial charge >= 0.3 is 12.2 Å². The largest absolute Gasteiger partial charge is 0.401 e. The molecular weight excluding hydrogens is 325 g/mol. The van der Waals surface area contributed by atoms with Gasteiger partial charge in [-0.1, -0.05) is 30.3 Å². The zero-order chi connectivity index (χ0) is 17.7. The average molecular weight is 344 g/mol. The third-order valence-corrected chi connectivity index (χ3v) is 3.78. The number of nitrogens with one attached hydrogen (secondary N) is 1. The number of carbonyl (C=O) groups excluding carboxylic acids is 2. The van der Waals surface area contributed by atoms with Crippen LogP contribution in [0.4, 0.5) is 18.0 Å². The number of carbonyl (C=O) groups is 2. The summed E-state index contributed by atoms with van der Waals surface area (Å²) in [6, 6.07) is 7.01. The minimum absolute atomic E-state index is 0.187. The van der Waals surface area contributed by atoms with Crippen molar-refractivity contribution in [3.05, 3.63) is 35.9 Å². The first-order valence-electron chi connectivity index (χ1n) is 7.44. The third kappa shape index (κ3) is 5.20. The zero-order valence-corrected chi connectivity index (χ0v) is 12.9. The Morgan fingerprint density at radius 3 is 2.21 bits per heavy atom. The number of urea groups is 1. The number of benzene rings is 1. The van der Waals surface area contributed by atoms with E-state index < -0.39 is 30.7 Å². The van der Waals surface area contributed by atoms with Gasteiger partial charge in [0.15, 0.2) is 0 Å². The molecule has 1 aromatic carbocycles. The Morgan fingerprint density at radius 2 is 1.71 bits per heavy atom. The summed E-state index contributed by atoms with van der Waals surface area (Å²) < 4.78 is 37.4. The van der Waals surface area contributed by atoms with Crippen molar-refractivity contribution in [3.8, 4) is 0 Å². The molecule has 6 nitrogen and oxygen atoms in total. The fourth-order valence-electron chi connectivity index (χ4n) is 2.79. The molecule has 0 saturated carbocycles. The van der Waals surface area contributed by atoms with Crippen molar-refractivity contribution in [3.63, 3.8) is 0 Å². The zero-order valence-electron chi connectivity index (χ0n) is 12.9. The van der Waals surface area contributed by atoms with Crippen LogP contribution in [0.3, 0.4) is 0 Å². The maximum Gasteiger partial charge on any atom is 0.401 e. The fourth-order valence-corrected chi connectivity index (χ4v) is 2.79. The van der Waals surface area contributed by atoms with E-state index in [0.717, 1.165) is 0 Å². The van der Waals surface area contributed by atoms with Crippen LogP contribution in [-0.2, 0) is 4.79 Å². The molecule has 3 N–H and O–H groups in total. The van der Waals surface area contributed by atoms with Crippen LogP contribution in [0.2, 0.25) is 0 Å². The number of hydrogen-bond donors (Lipinski definition) is 2. The lowest BCUT2D eigenvalue weighted by atomic mass is 10.0. The number of nitrogens with two attached hydrogens (primary N) is 1. The van der Waals surface area contributed by atoms with E-state index in [9.17, 15) is 22.8 Å². The summed E-state index contributed by atoms with van der Waals surface area (Å²) in [7, 11) is 0. The molecule has 1 heterocycles. The van der Waals surface area contributed by atoms with Crippen molar-refractivity contribution in [2.24, 2.45) is 5.73 Å². The van der Waals surface area contributed by atoms with Gasteiger partial charge in [-0.05, 0) is 5.56 Å². The molecule has 0 aromatic heterocycles. The van der Waals surface area contributed by atoms with Gasteiger partial charge in [0.2, 0.25) is 5.91 Å². The van der Waals surface area contributed by atoms with Gasteiger partial charge in [-0.15, -0.1) is 0 Å². The molecule has 132 valence electrons. The van der Waals surface area contributed by atoms with Crippen LogP contribution in [0.5, 0.6) is 0 Å². The standard InChI is InChI=1S/C15H19F3N4O2/c16-15(17,18)10-21-6-8-22(9-7-21)12(13(23)20-14(19)24)11-4-2-1-3-5-11/h1-5,12H,6-10H2,(H3,19,20,23,24). The summed E-state index contributed by atoms with van der Waals surface area (Å²) in [6.45, 7) is -0.0344. The molecule has 2 rings (SSSR count). The maximum absolute atomic E-state index is 12.5. The molecular formula is C15H19F3N4O2. The molecule has 24 heavy (non-hydrogen) atoms. The number of nitrogens with zero attached hydrogens (tertiary/aromatic N) is 2. The SMILES string of the molecule is NC(=O)NC(=O)C(c1ccccc1)N1CCN(CC(F)(F)F)CC1. The first-order valence-corrected chi connectivity index (χ1v) is 7.44. The third-order valence-electron chi connectivity index (χ3n) is 3.78. The number of primary amides is 1. The molecule has 0 aliphatic carbocycles. The van der Waals surface area contributed by atoms with E-state index >= 15 is 0 Å². The molecule has 0 spiro atoms. The number of rotatable bonds is 4. The second-order valence-electron chi connectivity index (χ2n) is 5.59. The summed E-state index contributed by atoms with van der Waals surface area (Å²) in [5.74, 6) is -0.585. The molecule has 1 atom stereocenters. The Kier molecular flexibility index (Phi) is 5.79. The van der Waals surface area contributed by atoms with Crippen molar-refractivity contribution in [2.45, 2.75) is 12.2 Å². The summed E-state index contributed by atoms with van der Waals surface area (Å²) in [5, 5.41) is 2.05. The highest BCUT2D eigenvalue weighted by Gasteiger charge is 2.35. The van der Waals surface area contributed by atoms with Gasteiger partial charge in [-0.25, -0.2) is 4.79 Å². The predicted molar refractivity (Wildman–Crippen MR) is 81.0 cm³/mol. The minimum Gasteiger partial charge on any atom is -0.351 e. The molecule has 1 aliphatic heterocycles. The number of piperazine rings is 1. The van der Waals surface area contributed by atoms with Crippen molar-refractivity contribution < 1.29 is 22.8 Å². The van der Waals surface area contributed by atoms with E-state index in [2.05, 4.69) is 5.32 Å². The highest BCUT2D eigenvalue weighted by atomic mass is 19.4. The molecule has 3 amide bonds. The number of halogens is 3. The summed E-state index contributed by atoms with van der Waals surface area (Å²) in [4.78, 5) is 26.3. The first kappa shape index (κ1) is 18.2. The van der Waals surface area contributed by atoms with E-state index in [1.807, 2.05) is 0 Å². The topological polar surface area (TPSA) is 78.7 Å². The van der Waals surface area contributed by atoms with Crippen LogP contribution < -0.4 is 11.1 Å². The molecule has 1 aliphatic rings. The summed E-state index contributed by atoms with van der Waals surface area (Å²) in [6.07, 6.45) is -4.25. The quantitative estimate of drug-likeness (QED) is 0.857. The minimum atomic E-state index is -4.25. The van der Waals surface area contributed by atoms with Crippen LogP contribution >= 0.6 is 0 Å². The van der Waals surface area contributed by atoms with E-state index in [1.54, 1.807) is 35.2 Å². The molecule has 1 fully saturated rings. The molecule has 9 heteroatoms. The second-order valence-corrected chi connectivity index (χ2v) is 5.59. The van der Waals surface area contributed by atoms with Crippen LogP contribution in [0, 0.1) is 0 Å². The van der Waals surface area contributed by atoms with Gasteiger partial charge < -0.3 is 5.73 Å². The highest BCUT2D eigenvalue weighted by molar-refractivity contribution is 5.96. The smallest absolute Gasteiger partial charge is 0.351 e. The molecule has 0 bridgehead atoms. The van der Waals surface area contributed by atoms with Crippen LogP contribution in [0.25, 0.3) is 0 Å². The fraction of sp³-hybridized carbons (Fsp3) is 0.467. The van der Waals surface area contributed by atoms with Gasteiger partial charge in [0.1, 0.15) is 6.04 Å². The van der Waals surface area contributed by atoms with Gasteiger partial charge in [-0.2, -0.15) is 13.2 Å². The van der Waals surface area contributed by atoms with Crippen molar-refractivity contribution in [2.75, 3.05) is 32.7 Å². The van der Waals surface area contributed by atoms with Crippen LogP contribution in [0.15, 0.2) is 30.3 Å². The van der Waals surface area contributed by atoms with Gasteiger partial charge in [0, 0.05) is 26.2 Å². The lowest BCUT2D eigenvalue weighted by molar-refractivity contribution is -0.151. The Bertz CT molecular complexity index is 572. The molecule has 1 aromatic rings. The van der Waals surface area contributed by atoms with Crippen LogP contribution in [0.1, 0.15) is 11.6 Å². The summed E-state index contributed by atoms with van der Waals surface area (Å²) >= 11 is 0. The van der Waals surface area contributed by atoms with E-state index in [1.165, 1.54) is 4.90 Å². The van der Waals surface area contributed by atoms with Crippen molar-refractivity contribution in [1.82, 2.24) is 15.1 Å². The molecule has 1 unspecified atom stereocenters. The normalized spacial score (nSPS) is 18.1. The van der Waals surface area contributed by atoms with Crippen LogP contribution in [-0.4, -0.2) is 60.6 Å². The maximum atomic E-state index is 12.5. The average Bonchev–Trinajstić information content (AvgIpc) is 2.48. The lowest BCUT2D eigenvalue weighted by Gasteiger charge is -2.38. The monoisotopic (exact) mass is 344 g/mol. The highest BCUT2D eigenvalue weighted by Crippen LogP contribution is 2.24. The number of amides is 3. The predicted octanol–water partition coefficient (Wildman–Crippen LogP) is 1.10. The van der Waals surface area contributed by atoms with Gasteiger partial charge in [0.05, 0.1) is 6.54 Å². The van der Waals surface area contributed by atoms with Crippen molar-refractivity contribution >= 4 is 11.9 Å². The Labute approximate surface area is 137 Å². The molecule has 0 radical (unpaired) electrons. The number of imide groups is 1. The number of hydrogen-bond acceptors (Lipinski definition) is 4. The Hall–Kier alpha value is -2.13. The van der Waals surface area contributed by atoms with E-state index in [0.29, 0.717) is 5.56 Å². The Balaban J connectivity index is 2.09. The second kappa shape index (κ2) is 7.63. The van der Waals surface area contributed by atoms with Gasteiger partial charge in [-0.3, -0.25) is 19.9 Å². The summed E-state index contributed by atoms with van der Waals surface area (Å²) in [5.41, 5.74) is 5.66. The van der Waals surface area contributed by atoms with Crippen molar-refractivity contribution in [1.29, 1.82) is 0 Å². The lowest BCUT2D eigenvalue weighted by Crippen LogP contribution is -2.53. The van der Waals surface area contributed by atoms with E-state index in [4.69, 9.17) is 5.73 Å². The number of alkyl halides is 3. The molecule has 1 saturated heterocycles. The first-order chi connectivity index (χ1) is 11.3. The van der Waals surface area contributed by atoms with Gasteiger partial charge in [0.25, 0.3) is 0 Å².